The van der Waals surface area contributed by atoms with Gasteiger partial charge in [-0.25, -0.2) is 4.98 Å². The molecule has 27 heavy (non-hydrogen) atoms. The summed E-state index contributed by atoms with van der Waals surface area (Å²) in [7, 11) is 1.71. The zero-order chi connectivity index (χ0) is 19.1. The molecule has 3 rings (SSSR count). The number of nitrogens with one attached hydrogen (secondary N) is 1. The molecule has 0 radical (unpaired) electrons. The van der Waals surface area contributed by atoms with Gasteiger partial charge in [-0.1, -0.05) is 6.07 Å². The summed E-state index contributed by atoms with van der Waals surface area (Å²) in [6.07, 6.45) is 5.10. The van der Waals surface area contributed by atoms with E-state index in [1.165, 1.54) is 6.20 Å². The highest BCUT2D eigenvalue weighted by Gasteiger charge is 2.24. The van der Waals surface area contributed by atoms with Crippen molar-refractivity contribution in [2.24, 2.45) is 0 Å². The van der Waals surface area contributed by atoms with Gasteiger partial charge in [0.1, 0.15) is 11.3 Å². The molecule has 1 aliphatic rings. The van der Waals surface area contributed by atoms with Crippen LogP contribution >= 0.6 is 0 Å². The Morgan fingerprint density at radius 3 is 2.67 bits per heavy atom. The topological polar surface area (TPSA) is 91.4 Å². The van der Waals surface area contributed by atoms with E-state index in [1.807, 2.05) is 6.07 Å². The molecule has 0 aliphatic carbocycles. The standard InChI is InChI=1S/C19H25N5O3/c1-27-13-5-4-8-23-9-11-24(12-10-23)19(26)15-14-21-17(22-18(15)25)16-6-2-3-7-20-16/h2-3,6-7,14H,4-5,8-13H2,1H3,(H,21,22,25). The van der Waals surface area contributed by atoms with Crippen LogP contribution in [0.25, 0.3) is 11.5 Å². The van der Waals surface area contributed by atoms with E-state index < -0.39 is 5.56 Å². The van der Waals surface area contributed by atoms with Crippen LogP contribution in [0.1, 0.15) is 23.2 Å². The molecule has 0 saturated carbocycles. The highest BCUT2D eigenvalue weighted by Crippen LogP contribution is 2.10. The third kappa shape index (κ3) is 4.99. The molecule has 0 bridgehead atoms. The van der Waals surface area contributed by atoms with E-state index in [-0.39, 0.29) is 11.5 Å². The zero-order valence-corrected chi connectivity index (χ0v) is 15.6. The van der Waals surface area contributed by atoms with Crippen molar-refractivity contribution in [1.82, 2.24) is 24.8 Å². The minimum absolute atomic E-state index is 0.0724. The molecule has 3 heterocycles. The van der Waals surface area contributed by atoms with Crippen LogP contribution in [0.5, 0.6) is 0 Å². The number of amides is 1. The predicted molar refractivity (Wildman–Crippen MR) is 102 cm³/mol. The molecule has 1 fully saturated rings. The van der Waals surface area contributed by atoms with Gasteiger partial charge in [-0.3, -0.25) is 19.5 Å². The fourth-order valence-corrected chi connectivity index (χ4v) is 3.11. The number of unbranched alkanes of at least 4 members (excludes halogenated alkanes) is 1. The second-order valence-corrected chi connectivity index (χ2v) is 6.52. The van der Waals surface area contributed by atoms with Crippen molar-refractivity contribution in [3.63, 3.8) is 0 Å². The van der Waals surface area contributed by atoms with Gasteiger partial charge >= 0.3 is 0 Å². The Balaban J connectivity index is 1.58. The Morgan fingerprint density at radius 2 is 2.00 bits per heavy atom. The zero-order valence-electron chi connectivity index (χ0n) is 15.6. The first-order valence-corrected chi connectivity index (χ1v) is 9.20. The molecule has 0 unspecified atom stereocenters. The summed E-state index contributed by atoms with van der Waals surface area (Å²) in [5, 5.41) is 0. The number of methoxy groups -OCH3 is 1. The van der Waals surface area contributed by atoms with Crippen molar-refractivity contribution in [3.8, 4) is 11.5 Å². The van der Waals surface area contributed by atoms with Gasteiger partial charge in [-0.2, -0.15) is 0 Å². The number of rotatable bonds is 7. The Bertz CT molecular complexity index is 800. The maximum Gasteiger partial charge on any atom is 0.264 e. The Kier molecular flexibility index (Phi) is 6.67. The average Bonchev–Trinajstić information content (AvgIpc) is 2.72. The Morgan fingerprint density at radius 1 is 1.19 bits per heavy atom. The van der Waals surface area contributed by atoms with Crippen LogP contribution in [0.3, 0.4) is 0 Å². The minimum atomic E-state index is -0.433. The maximum atomic E-state index is 12.7. The van der Waals surface area contributed by atoms with Gasteiger partial charge in [0.2, 0.25) is 0 Å². The molecule has 1 saturated heterocycles. The molecule has 0 aromatic carbocycles. The fourth-order valence-electron chi connectivity index (χ4n) is 3.11. The summed E-state index contributed by atoms with van der Waals surface area (Å²) >= 11 is 0. The number of H-pyrrole nitrogens is 1. The number of aromatic amines is 1. The van der Waals surface area contributed by atoms with Gasteiger partial charge in [0.15, 0.2) is 5.82 Å². The van der Waals surface area contributed by atoms with Crippen molar-refractivity contribution in [2.75, 3.05) is 46.4 Å². The lowest BCUT2D eigenvalue weighted by Gasteiger charge is -2.34. The van der Waals surface area contributed by atoms with E-state index in [4.69, 9.17) is 4.74 Å². The van der Waals surface area contributed by atoms with Crippen LogP contribution in [-0.2, 0) is 4.74 Å². The van der Waals surface area contributed by atoms with Crippen LogP contribution in [0.4, 0.5) is 0 Å². The van der Waals surface area contributed by atoms with Crippen LogP contribution in [0.15, 0.2) is 35.4 Å². The number of hydrogen-bond acceptors (Lipinski definition) is 6. The molecule has 144 valence electrons. The second-order valence-electron chi connectivity index (χ2n) is 6.52. The lowest BCUT2D eigenvalue weighted by molar-refractivity contribution is 0.0630. The maximum absolute atomic E-state index is 12.7. The number of ether oxygens (including phenoxy) is 1. The predicted octanol–water partition coefficient (Wildman–Crippen LogP) is 1.02. The van der Waals surface area contributed by atoms with Crippen molar-refractivity contribution in [2.45, 2.75) is 12.8 Å². The van der Waals surface area contributed by atoms with E-state index in [0.717, 1.165) is 39.1 Å². The third-order valence-corrected chi connectivity index (χ3v) is 4.67. The summed E-state index contributed by atoms with van der Waals surface area (Å²) in [5.41, 5.74) is 0.205. The number of piperazine rings is 1. The number of aromatic nitrogens is 3. The van der Waals surface area contributed by atoms with E-state index in [1.54, 1.807) is 30.3 Å². The molecule has 8 heteroatoms. The normalized spacial score (nSPS) is 15.1. The summed E-state index contributed by atoms with van der Waals surface area (Å²) in [6, 6.07) is 5.36. The van der Waals surface area contributed by atoms with Crippen LogP contribution in [0.2, 0.25) is 0 Å². The van der Waals surface area contributed by atoms with Crippen molar-refractivity contribution >= 4 is 5.91 Å². The van der Waals surface area contributed by atoms with Gasteiger partial charge in [0.05, 0.1) is 0 Å². The van der Waals surface area contributed by atoms with Crippen molar-refractivity contribution in [3.05, 3.63) is 46.5 Å². The van der Waals surface area contributed by atoms with Gasteiger partial charge in [-0.05, 0) is 31.5 Å². The second kappa shape index (κ2) is 9.38. The molecule has 0 spiro atoms. The summed E-state index contributed by atoms with van der Waals surface area (Å²) in [4.78, 5) is 40.2. The first-order valence-electron chi connectivity index (χ1n) is 9.20. The quantitative estimate of drug-likeness (QED) is 0.731. The fraction of sp³-hybridized carbons (Fsp3) is 0.474. The number of pyridine rings is 1. The molecule has 0 atom stereocenters. The number of carbonyl (C=O) groups excluding carboxylic acids is 1. The summed E-state index contributed by atoms with van der Waals surface area (Å²) in [6.45, 7) is 4.65. The number of hydrogen-bond donors (Lipinski definition) is 1. The van der Waals surface area contributed by atoms with Crippen LogP contribution in [-0.4, -0.2) is 77.1 Å². The molecule has 2 aromatic rings. The number of carbonyl (C=O) groups is 1. The van der Waals surface area contributed by atoms with Crippen molar-refractivity contribution in [1.29, 1.82) is 0 Å². The molecule has 8 nitrogen and oxygen atoms in total. The smallest absolute Gasteiger partial charge is 0.264 e. The molecular weight excluding hydrogens is 346 g/mol. The van der Waals surface area contributed by atoms with Crippen LogP contribution < -0.4 is 5.56 Å². The molecule has 1 N–H and O–H groups in total. The van der Waals surface area contributed by atoms with E-state index in [9.17, 15) is 9.59 Å². The van der Waals surface area contributed by atoms with E-state index in [2.05, 4.69) is 19.9 Å². The molecule has 1 amide bonds. The first-order chi connectivity index (χ1) is 13.2. The van der Waals surface area contributed by atoms with E-state index in [0.29, 0.717) is 24.6 Å². The number of nitrogens with zero attached hydrogens (tertiary/aromatic N) is 4. The summed E-state index contributed by atoms with van der Waals surface area (Å²) in [5.74, 6) is 0.0911. The third-order valence-electron chi connectivity index (χ3n) is 4.67. The molecular formula is C19H25N5O3. The first kappa shape index (κ1) is 19.2. The lowest BCUT2D eigenvalue weighted by Crippen LogP contribution is -2.49. The monoisotopic (exact) mass is 371 g/mol. The summed E-state index contributed by atoms with van der Waals surface area (Å²) < 4.78 is 5.06. The van der Waals surface area contributed by atoms with Gasteiger partial charge in [0.25, 0.3) is 11.5 Å². The Labute approximate surface area is 158 Å². The largest absolute Gasteiger partial charge is 0.385 e. The molecule has 1 aliphatic heterocycles. The SMILES string of the molecule is COCCCCN1CCN(C(=O)c2cnc(-c3ccccn3)[nH]c2=O)CC1. The Hall–Kier alpha value is -2.58. The highest BCUT2D eigenvalue weighted by atomic mass is 16.5. The van der Waals surface area contributed by atoms with Crippen molar-refractivity contribution < 1.29 is 9.53 Å². The van der Waals surface area contributed by atoms with Crippen LogP contribution in [0, 0.1) is 0 Å². The van der Waals surface area contributed by atoms with Gasteiger partial charge in [0, 0.05) is 52.3 Å². The van der Waals surface area contributed by atoms with E-state index >= 15 is 0 Å². The lowest BCUT2D eigenvalue weighted by atomic mass is 10.2. The highest BCUT2D eigenvalue weighted by molar-refractivity contribution is 5.93. The van der Waals surface area contributed by atoms with Gasteiger partial charge < -0.3 is 14.6 Å². The molecule has 2 aromatic heterocycles. The minimum Gasteiger partial charge on any atom is -0.385 e. The van der Waals surface area contributed by atoms with Gasteiger partial charge in [-0.15, -0.1) is 0 Å². The average molecular weight is 371 g/mol.